The number of β-amino-alcohol motifs (C(OH)–C–C–N with tert-alkyl or cyclic N) is 1. The van der Waals surface area contributed by atoms with Crippen LogP contribution in [0.1, 0.15) is 20.3 Å². The topological polar surface area (TPSA) is 49.5 Å². The summed E-state index contributed by atoms with van der Waals surface area (Å²) >= 11 is 0. The molecule has 0 saturated carbocycles. The van der Waals surface area contributed by atoms with Gasteiger partial charge in [-0.3, -0.25) is 4.90 Å². The largest absolute Gasteiger partial charge is 0.389 e. The highest BCUT2D eigenvalue weighted by atomic mass is 19.1. The molecule has 3 N–H and O–H groups in total. The maximum atomic E-state index is 13.2. The normalized spacial score (nSPS) is 32.1. The molecule has 0 unspecified atom stereocenters. The van der Waals surface area contributed by atoms with Gasteiger partial charge in [-0.15, -0.1) is 0 Å². The summed E-state index contributed by atoms with van der Waals surface area (Å²) in [6, 6.07) is -0.321. The van der Waals surface area contributed by atoms with E-state index in [0.717, 1.165) is 6.54 Å². The van der Waals surface area contributed by atoms with E-state index in [2.05, 4.69) is 0 Å². The molecule has 0 bridgehead atoms. The van der Waals surface area contributed by atoms with Crippen LogP contribution in [0.2, 0.25) is 0 Å². The Hall–Kier alpha value is -0.190. The number of alkyl halides is 1. The van der Waals surface area contributed by atoms with Crippen LogP contribution in [0.3, 0.4) is 0 Å². The van der Waals surface area contributed by atoms with E-state index in [0.29, 0.717) is 19.5 Å². The number of hydrogen-bond acceptors (Lipinski definition) is 3. The lowest BCUT2D eigenvalue weighted by atomic mass is 10.0. The van der Waals surface area contributed by atoms with Gasteiger partial charge in [0.2, 0.25) is 0 Å². The Morgan fingerprint density at radius 3 is 2.69 bits per heavy atom. The molecular formula is C9H19FN2O. The number of halogens is 1. The molecule has 1 aliphatic heterocycles. The summed E-state index contributed by atoms with van der Waals surface area (Å²) in [5, 5.41) is 9.53. The first-order chi connectivity index (χ1) is 5.88. The Balaban J connectivity index is 2.38. The molecule has 13 heavy (non-hydrogen) atoms. The molecule has 0 radical (unpaired) electrons. The lowest BCUT2D eigenvalue weighted by molar-refractivity contribution is 0.0132. The van der Waals surface area contributed by atoms with Gasteiger partial charge in [-0.25, -0.2) is 4.39 Å². The van der Waals surface area contributed by atoms with E-state index >= 15 is 0 Å². The minimum Gasteiger partial charge on any atom is -0.389 e. The predicted molar refractivity (Wildman–Crippen MR) is 50.2 cm³/mol. The van der Waals surface area contributed by atoms with Crippen molar-refractivity contribution < 1.29 is 9.50 Å². The van der Waals surface area contributed by atoms with E-state index in [4.69, 9.17) is 5.73 Å². The molecule has 4 heteroatoms. The van der Waals surface area contributed by atoms with Crippen molar-refractivity contribution in [3.63, 3.8) is 0 Å². The van der Waals surface area contributed by atoms with Crippen molar-refractivity contribution >= 4 is 0 Å². The molecule has 2 atom stereocenters. The number of hydrogen-bond donors (Lipinski definition) is 2. The van der Waals surface area contributed by atoms with Crippen molar-refractivity contribution in [2.45, 2.75) is 38.1 Å². The van der Waals surface area contributed by atoms with Gasteiger partial charge in [0.1, 0.15) is 6.17 Å². The van der Waals surface area contributed by atoms with E-state index in [-0.39, 0.29) is 6.04 Å². The van der Waals surface area contributed by atoms with Crippen LogP contribution >= 0.6 is 0 Å². The minimum absolute atomic E-state index is 0.321. The highest BCUT2D eigenvalue weighted by molar-refractivity contribution is 4.85. The van der Waals surface area contributed by atoms with Crippen molar-refractivity contribution in [1.82, 2.24) is 4.90 Å². The molecule has 0 amide bonds. The lowest BCUT2D eigenvalue weighted by Gasteiger charge is -2.35. The molecule has 0 aromatic carbocycles. The Kier molecular flexibility index (Phi) is 3.27. The Labute approximate surface area is 78.7 Å². The molecule has 0 aromatic heterocycles. The highest BCUT2D eigenvalue weighted by Gasteiger charge is 2.28. The minimum atomic E-state index is -0.948. The maximum absolute atomic E-state index is 13.2. The zero-order chi connectivity index (χ0) is 10.1. The van der Waals surface area contributed by atoms with Gasteiger partial charge in [0.05, 0.1) is 5.60 Å². The zero-order valence-electron chi connectivity index (χ0n) is 8.33. The fourth-order valence-corrected chi connectivity index (χ4v) is 1.68. The van der Waals surface area contributed by atoms with Gasteiger partial charge in [0.25, 0.3) is 0 Å². The second-order valence-corrected chi connectivity index (χ2v) is 4.52. The van der Waals surface area contributed by atoms with Crippen LogP contribution in [0.5, 0.6) is 0 Å². The summed E-state index contributed by atoms with van der Waals surface area (Å²) in [5.41, 5.74) is 4.79. The van der Waals surface area contributed by atoms with E-state index < -0.39 is 11.8 Å². The smallest absolute Gasteiger partial charge is 0.128 e. The number of aliphatic hydroxyl groups is 1. The third-order valence-electron chi connectivity index (χ3n) is 2.29. The molecule has 3 nitrogen and oxygen atoms in total. The second kappa shape index (κ2) is 3.90. The number of rotatable bonds is 2. The molecule has 78 valence electrons. The Bertz CT molecular complexity index is 169. The van der Waals surface area contributed by atoms with E-state index in [1.54, 1.807) is 13.8 Å². The van der Waals surface area contributed by atoms with Gasteiger partial charge in [-0.1, -0.05) is 0 Å². The van der Waals surface area contributed by atoms with E-state index in [1.165, 1.54) is 0 Å². The molecule has 1 rings (SSSR count). The van der Waals surface area contributed by atoms with Crippen LogP contribution in [-0.2, 0) is 0 Å². The zero-order valence-corrected chi connectivity index (χ0v) is 8.33. The van der Waals surface area contributed by atoms with Crippen molar-refractivity contribution in [3.05, 3.63) is 0 Å². The van der Waals surface area contributed by atoms with Crippen molar-refractivity contribution in [2.24, 2.45) is 5.73 Å². The van der Waals surface area contributed by atoms with Gasteiger partial charge in [0, 0.05) is 19.1 Å². The van der Waals surface area contributed by atoms with Crippen LogP contribution < -0.4 is 5.73 Å². The monoisotopic (exact) mass is 190 g/mol. The standard InChI is InChI=1S/C9H19FN2O/c1-9(2,13)6-12-4-3-8(11)7(10)5-12/h7-8,13H,3-6,11H2,1-2H3/t7-,8+/m0/s1. The first-order valence-electron chi connectivity index (χ1n) is 4.73. The third-order valence-corrected chi connectivity index (χ3v) is 2.29. The molecular weight excluding hydrogens is 171 g/mol. The van der Waals surface area contributed by atoms with Crippen LogP contribution in [0.15, 0.2) is 0 Å². The first kappa shape index (κ1) is 10.9. The molecule has 0 spiro atoms. The van der Waals surface area contributed by atoms with Crippen molar-refractivity contribution in [3.8, 4) is 0 Å². The van der Waals surface area contributed by atoms with Crippen LogP contribution in [0, 0.1) is 0 Å². The second-order valence-electron chi connectivity index (χ2n) is 4.52. The van der Waals surface area contributed by atoms with Gasteiger partial charge in [-0.05, 0) is 26.8 Å². The number of likely N-dealkylation sites (tertiary alicyclic amines) is 1. The third kappa shape index (κ3) is 3.58. The molecule has 0 aliphatic carbocycles. The van der Waals surface area contributed by atoms with Gasteiger partial charge in [0.15, 0.2) is 0 Å². The summed E-state index contributed by atoms with van der Waals surface area (Å²) in [7, 11) is 0. The highest BCUT2D eigenvalue weighted by Crippen LogP contribution is 2.15. The summed E-state index contributed by atoms with van der Waals surface area (Å²) in [4.78, 5) is 1.92. The maximum Gasteiger partial charge on any atom is 0.128 e. The fourth-order valence-electron chi connectivity index (χ4n) is 1.68. The molecule has 1 saturated heterocycles. The predicted octanol–water partition coefficient (Wildman–Crippen LogP) is 0.128. The first-order valence-corrected chi connectivity index (χ1v) is 4.73. The number of nitrogens with two attached hydrogens (primary N) is 1. The van der Waals surface area contributed by atoms with Gasteiger partial charge in [-0.2, -0.15) is 0 Å². The number of piperidine rings is 1. The fraction of sp³-hybridized carbons (Fsp3) is 1.00. The SMILES string of the molecule is CC(C)(O)CN1CC[C@@H](N)[C@@H](F)C1. The van der Waals surface area contributed by atoms with Crippen LogP contribution in [0.25, 0.3) is 0 Å². The van der Waals surface area contributed by atoms with Crippen molar-refractivity contribution in [1.29, 1.82) is 0 Å². The average molecular weight is 190 g/mol. The van der Waals surface area contributed by atoms with Crippen LogP contribution in [0.4, 0.5) is 4.39 Å². The van der Waals surface area contributed by atoms with Crippen LogP contribution in [-0.4, -0.2) is 47.5 Å². The Morgan fingerprint density at radius 2 is 2.23 bits per heavy atom. The van der Waals surface area contributed by atoms with Gasteiger partial charge >= 0.3 is 0 Å². The summed E-state index contributed by atoms with van der Waals surface area (Å²) < 4.78 is 13.2. The average Bonchev–Trinajstić information content (AvgIpc) is 1.94. The van der Waals surface area contributed by atoms with E-state index in [1.807, 2.05) is 4.90 Å². The number of nitrogens with zero attached hydrogens (tertiary/aromatic N) is 1. The lowest BCUT2D eigenvalue weighted by Crippen LogP contribution is -2.51. The molecule has 0 aromatic rings. The Morgan fingerprint density at radius 1 is 1.62 bits per heavy atom. The van der Waals surface area contributed by atoms with Gasteiger partial charge < -0.3 is 10.8 Å². The van der Waals surface area contributed by atoms with E-state index in [9.17, 15) is 9.50 Å². The molecule has 1 aliphatic rings. The van der Waals surface area contributed by atoms with Crippen molar-refractivity contribution in [2.75, 3.05) is 19.6 Å². The molecule has 1 heterocycles. The molecule has 1 fully saturated rings. The summed E-state index contributed by atoms with van der Waals surface area (Å²) in [5.74, 6) is 0. The summed E-state index contributed by atoms with van der Waals surface area (Å²) in [6.45, 7) is 5.11. The summed E-state index contributed by atoms with van der Waals surface area (Å²) in [6.07, 6.45) is -0.270. The quantitative estimate of drug-likeness (QED) is 0.650.